The lowest BCUT2D eigenvalue weighted by Crippen LogP contribution is -2.33. The van der Waals surface area contributed by atoms with E-state index in [1.54, 1.807) is 11.9 Å². The van der Waals surface area contributed by atoms with Crippen LogP contribution in [0.3, 0.4) is 0 Å². The van der Waals surface area contributed by atoms with Crippen molar-refractivity contribution in [3.63, 3.8) is 0 Å². The van der Waals surface area contributed by atoms with Gasteiger partial charge >= 0.3 is 0 Å². The number of carbonyl (C=O) groups is 2. The second kappa shape index (κ2) is 5.45. The van der Waals surface area contributed by atoms with Gasteiger partial charge in [0.25, 0.3) is 0 Å². The van der Waals surface area contributed by atoms with Crippen LogP contribution in [0, 0.1) is 5.92 Å². The molecule has 0 saturated carbocycles. The summed E-state index contributed by atoms with van der Waals surface area (Å²) in [5.74, 6) is -0.251. The predicted molar refractivity (Wildman–Crippen MR) is 62.9 cm³/mol. The molecule has 1 aromatic carbocycles. The summed E-state index contributed by atoms with van der Waals surface area (Å²) in [6, 6.07) is 9.42. The van der Waals surface area contributed by atoms with Gasteiger partial charge in [0, 0.05) is 19.9 Å². The normalized spacial score (nSPS) is 13.9. The van der Waals surface area contributed by atoms with E-state index in [0.717, 1.165) is 11.8 Å². The zero-order valence-electron chi connectivity index (χ0n) is 9.88. The van der Waals surface area contributed by atoms with Gasteiger partial charge in [-0.05, 0) is 5.56 Å². The molecule has 0 aliphatic carbocycles. The van der Waals surface area contributed by atoms with Crippen molar-refractivity contribution < 1.29 is 9.59 Å². The molecule has 2 atom stereocenters. The Morgan fingerprint density at radius 1 is 1.31 bits per heavy atom. The average Bonchev–Trinajstić information content (AvgIpc) is 2.30. The first-order valence-corrected chi connectivity index (χ1v) is 5.31. The summed E-state index contributed by atoms with van der Waals surface area (Å²) in [7, 11) is 1.72. The fourth-order valence-corrected chi connectivity index (χ4v) is 1.80. The van der Waals surface area contributed by atoms with Gasteiger partial charge in [0.15, 0.2) is 0 Å². The molecule has 86 valence electrons. The van der Waals surface area contributed by atoms with Crippen LogP contribution in [0.4, 0.5) is 0 Å². The van der Waals surface area contributed by atoms with Crippen LogP contribution in [-0.2, 0) is 9.59 Å². The topological polar surface area (TPSA) is 37.4 Å². The van der Waals surface area contributed by atoms with E-state index in [2.05, 4.69) is 0 Å². The van der Waals surface area contributed by atoms with E-state index < -0.39 is 0 Å². The minimum absolute atomic E-state index is 0.0393. The van der Waals surface area contributed by atoms with Crippen molar-refractivity contribution in [3.8, 4) is 0 Å². The van der Waals surface area contributed by atoms with Gasteiger partial charge < -0.3 is 9.69 Å². The van der Waals surface area contributed by atoms with E-state index >= 15 is 0 Å². The van der Waals surface area contributed by atoms with Crippen LogP contribution in [0.2, 0.25) is 0 Å². The van der Waals surface area contributed by atoms with Crippen molar-refractivity contribution in [2.45, 2.75) is 19.9 Å². The fourth-order valence-electron chi connectivity index (χ4n) is 1.80. The van der Waals surface area contributed by atoms with Crippen molar-refractivity contribution in [3.05, 3.63) is 35.9 Å². The van der Waals surface area contributed by atoms with E-state index in [9.17, 15) is 9.59 Å². The molecule has 1 amide bonds. The largest absolute Gasteiger partial charge is 0.338 e. The van der Waals surface area contributed by atoms with Gasteiger partial charge in [0.2, 0.25) is 5.91 Å². The van der Waals surface area contributed by atoms with Crippen molar-refractivity contribution in [2.24, 2.45) is 5.92 Å². The van der Waals surface area contributed by atoms with E-state index in [1.807, 2.05) is 37.3 Å². The number of aldehydes is 1. The maximum atomic E-state index is 11.4. The van der Waals surface area contributed by atoms with E-state index in [-0.39, 0.29) is 17.9 Å². The third-order valence-corrected chi connectivity index (χ3v) is 2.77. The molecule has 0 unspecified atom stereocenters. The summed E-state index contributed by atoms with van der Waals surface area (Å²) in [5.41, 5.74) is 0.986. The molecule has 0 aliphatic rings. The van der Waals surface area contributed by atoms with Crippen LogP contribution in [0.25, 0.3) is 0 Å². The monoisotopic (exact) mass is 219 g/mol. The summed E-state index contributed by atoms with van der Waals surface area (Å²) in [4.78, 5) is 23.9. The van der Waals surface area contributed by atoms with Gasteiger partial charge in [-0.2, -0.15) is 0 Å². The lowest BCUT2D eigenvalue weighted by molar-refractivity contribution is -0.131. The van der Waals surface area contributed by atoms with Gasteiger partial charge in [-0.15, -0.1) is 0 Å². The first kappa shape index (κ1) is 12.4. The van der Waals surface area contributed by atoms with E-state index in [4.69, 9.17) is 0 Å². The summed E-state index contributed by atoms with van der Waals surface area (Å²) >= 11 is 0. The Labute approximate surface area is 96.1 Å². The minimum Gasteiger partial charge on any atom is -0.338 e. The van der Waals surface area contributed by atoms with Gasteiger partial charge in [-0.3, -0.25) is 4.79 Å². The summed E-state index contributed by atoms with van der Waals surface area (Å²) in [6.45, 7) is 3.33. The smallest absolute Gasteiger partial charge is 0.219 e. The van der Waals surface area contributed by atoms with Crippen molar-refractivity contribution in [1.82, 2.24) is 4.90 Å². The Hall–Kier alpha value is -1.64. The predicted octanol–water partition coefficient (Wildman–Crippen LogP) is 2.04. The molecule has 0 aromatic heterocycles. The molecule has 0 saturated heterocycles. The van der Waals surface area contributed by atoms with Crippen LogP contribution in [0.5, 0.6) is 0 Å². The number of benzene rings is 1. The standard InChI is InChI=1S/C13H17NO2/c1-10(9-15)13(14(3)11(2)16)12-7-5-4-6-8-12/h4-10,13H,1-3H3/t10-,13+/m0/s1. The highest BCUT2D eigenvalue weighted by Gasteiger charge is 2.24. The first-order valence-electron chi connectivity index (χ1n) is 5.31. The maximum absolute atomic E-state index is 11.4. The van der Waals surface area contributed by atoms with Gasteiger partial charge in [0.1, 0.15) is 6.29 Å². The van der Waals surface area contributed by atoms with Crippen LogP contribution in [-0.4, -0.2) is 24.1 Å². The Bertz CT molecular complexity index is 361. The second-order valence-corrected chi connectivity index (χ2v) is 3.98. The number of amides is 1. The molecule has 0 bridgehead atoms. The number of nitrogens with zero attached hydrogens (tertiary/aromatic N) is 1. The Morgan fingerprint density at radius 3 is 2.31 bits per heavy atom. The zero-order valence-corrected chi connectivity index (χ0v) is 9.88. The minimum atomic E-state index is -0.212. The first-order chi connectivity index (χ1) is 7.57. The molecule has 3 nitrogen and oxygen atoms in total. The third kappa shape index (κ3) is 2.69. The number of hydrogen-bond donors (Lipinski definition) is 0. The molecule has 0 spiro atoms. The SMILES string of the molecule is CC(=O)N(C)[C@@H](c1ccccc1)[C@@H](C)C=O. The Morgan fingerprint density at radius 2 is 1.88 bits per heavy atom. The van der Waals surface area contributed by atoms with Crippen LogP contribution < -0.4 is 0 Å². The molecule has 1 rings (SSSR count). The molecule has 3 heteroatoms. The molecule has 0 radical (unpaired) electrons. The fraction of sp³-hybridized carbons (Fsp3) is 0.385. The Balaban J connectivity index is 3.06. The van der Waals surface area contributed by atoms with Crippen molar-refractivity contribution in [2.75, 3.05) is 7.05 Å². The number of rotatable bonds is 4. The molecular weight excluding hydrogens is 202 g/mol. The molecule has 1 aromatic rings. The Kier molecular flexibility index (Phi) is 4.23. The van der Waals surface area contributed by atoms with Gasteiger partial charge in [-0.25, -0.2) is 0 Å². The molecular formula is C13H17NO2. The number of carbonyl (C=O) groups excluding carboxylic acids is 2. The van der Waals surface area contributed by atoms with E-state index in [1.165, 1.54) is 6.92 Å². The van der Waals surface area contributed by atoms with Gasteiger partial charge in [-0.1, -0.05) is 37.3 Å². The summed E-state index contributed by atoms with van der Waals surface area (Å²) in [6.07, 6.45) is 0.886. The second-order valence-electron chi connectivity index (χ2n) is 3.98. The molecule has 0 fully saturated rings. The molecule has 0 N–H and O–H groups in total. The quantitative estimate of drug-likeness (QED) is 0.727. The lowest BCUT2D eigenvalue weighted by Gasteiger charge is -2.30. The van der Waals surface area contributed by atoms with Crippen LogP contribution >= 0.6 is 0 Å². The zero-order chi connectivity index (χ0) is 12.1. The highest BCUT2D eigenvalue weighted by atomic mass is 16.2. The highest BCUT2D eigenvalue weighted by Crippen LogP contribution is 2.26. The molecule has 0 heterocycles. The summed E-state index contributed by atoms with van der Waals surface area (Å²) in [5, 5.41) is 0. The van der Waals surface area contributed by atoms with Crippen molar-refractivity contribution in [1.29, 1.82) is 0 Å². The van der Waals surface area contributed by atoms with Gasteiger partial charge in [0.05, 0.1) is 6.04 Å². The van der Waals surface area contributed by atoms with E-state index in [0.29, 0.717) is 0 Å². The average molecular weight is 219 g/mol. The maximum Gasteiger partial charge on any atom is 0.219 e. The van der Waals surface area contributed by atoms with Crippen LogP contribution in [0.15, 0.2) is 30.3 Å². The third-order valence-electron chi connectivity index (χ3n) is 2.77. The highest BCUT2D eigenvalue weighted by molar-refractivity contribution is 5.74. The van der Waals surface area contributed by atoms with Crippen LogP contribution in [0.1, 0.15) is 25.5 Å². The number of hydrogen-bond acceptors (Lipinski definition) is 2. The molecule has 0 aliphatic heterocycles. The lowest BCUT2D eigenvalue weighted by atomic mass is 9.94. The van der Waals surface area contributed by atoms with Crippen molar-refractivity contribution >= 4 is 12.2 Å². The summed E-state index contributed by atoms with van der Waals surface area (Å²) < 4.78 is 0. The molecule has 16 heavy (non-hydrogen) atoms.